The third-order valence-electron chi connectivity index (χ3n) is 4.40. The van der Waals surface area contributed by atoms with Gasteiger partial charge in [-0.2, -0.15) is 0 Å². The molecule has 1 N–H and O–H groups in total. The van der Waals surface area contributed by atoms with E-state index in [1.807, 2.05) is 0 Å². The van der Waals surface area contributed by atoms with Gasteiger partial charge in [0.05, 0.1) is 0 Å². The summed E-state index contributed by atoms with van der Waals surface area (Å²) in [5.41, 5.74) is 0.149. The van der Waals surface area contributed by atoms with Crippen LogP contribution in [0.3, 0.4) is 0 Å². The van der Waals surface area contributed by atoms with Crippen LogP contribution in [0.1, 0.15) is 33.6 Å². The zero-order chi connectivity index (χ0) is 12.0. The third kappa shape index (κ3) is 1.73. The van der Waals surface area contributed by atoms with E-state index in [1.54, 1.807) is 4.90 Å². The van der Waals surface area contributed by atoms with E-state index in [2.05, 4.69) is 26.1 Å². The van der Waals surface area contributed by atoms with Gasteiger partial charge in [0.15, 0.2) is 0 Å². The van der Waals surface area contributed by atoms with Crippen LogP contribution in [0.5, 0.6) is 0 Å². The zero-order valence-electron chi connectivity index (χ0n) is 10.3. The van der Waals surface area contributed by atoms with Crippen LogP contribution in [-0.4, -0.2) is 36.2 Å². The second-order valence-corrected chi connectivity index (χ2v) is 5.76. The average Bonchev–Trinajstić information content (AvgIpc) is 2.57. The van der Waals surface area contributed by atoms with Crippen LogP contribution in [0.4, 0.5) is 4.39 Å². The van der Waals surface area contributed by atoms with Gasteiger partial charge >= 0.3 is 0 Å². The summed E-state index contributed by atoms with van der Waals surface area (Å²) in [7, 11) is 0. The number of nitrogens with zero attached hydrogens (tertiary/aromatic N) is 1. The lowest BCUT2D eigenvalue weighted by Gasteiger charge is -2.37. The van der Waals surface area contributed by atoms with Crippen LogP contribution < -0.4 is 5.32 Å². The van der Waals surface area contributed by atoms with Crippen molar-refractivity contribution in [3.63, 3.8) is 0 Å². The number of carbonyl (C=O) groups excluding carboxylic acids is 1. The number of halogens is 1. The van der Waals surface area contributed by atoms with Crippen molar-refractivity contribution >= 4 is 5.91 Å². The summed E-state index contributed by atoms with van der Waals surface area (Å²) >= 11 is 0. The van der Waals surface area contributed by atoms with E-state index in [0.717, 1.165) is 6.42 Å². The highest BCUT2D eigenvalue weighted by Gasteiger charge is 2.50. The van der Waals surface area contributed by atoms with Gasteiger partial charge in [-0.1, -0.05) is 20.8 Å². The molecule has 2 heterocycles. The maximum absolute atomic E-state index is 13.9. The number of alkyl halides is 1. The van der Waals surface area contributed by atoms with Crippen LogP contribution in [0, 0.1) is 11.3 Å². The molecule has 92 valence electrons. The van der Waals surface area contributed by atoms with Gasteiger partial charge in [-0.3, -0.25) is 10.1 Å². The van der Waals surface area contributed by atoms with E-state index in [9.17, 15) is 9.18 Å². The van der Waals surface area contributed by atoms with Crippen LogP contribution in [0.2, 0.25) is 0 Å². The Morgan fingerprint density at radius 1 is 1.44 bits per heavy atom. The van der Waals surface area contributed by atoms with Crippen molar-refractivity contribution in [3.8, 4) is 0 Å². The van der Waals surface area contributed by atoms with Crippen LogP contribution in [0.25, 0.3) is 0 Å². The molecule has 2 atom stereocenters. The van der Waals surface area contributed by atoms with Crippen molar-refractivity contribution in [3.05, 3.63) is 0 Å². The van der Waals surface area contributed by atoms with Crippen LogP contribution >= 0.6 is 0 Å². The molecule has 1 amide bonds. The molecule has 1 unspecified atom stereocenters. The Morgan fingerprint density at radius 3 is 2.44 bits per heavy atom. The lowest BCUT2D eigenvalue weighted by atomic mass is 9.78. The predicted molar refractivity (Wildman–Crippen MR) is 60.6 cm³/mol. The maximum atomic E-state index is 13.9. The maximum Gasteiger partial charge on any atom is 0.275 e. The average molecular weight is 228 g/mol. The Labute approximate surface area is 96.4 Å². The molecule has 0 aromatic rings. The highest BCUT2D eigenvalue weighted by atomic mass is 19.1. The molecule has 0 aromatic heterocycles. The van der Waals surface area contributed by atoms with Crippen molar-refractivity contribution in [2.75, 3.05) is 19.6 Å². The Balaban J connectivity index is 2.01. The van der Waals surface area contributed by atoms with Crippen molar-refractivity contribution in [2.45, 2.75) is 39.4 Å². The summed E-state index contributed by atoms with van der Waals surface area (Å²) in [6.07, 6.45) is 1.30. The molecule has 2 aliphatic rings. The number of amides is 1. The van der Waals surface area contributed by atoms with Crippen LogP contribution in [-0.2, 0) is 4.79 Å². The number of hydrogen-bond acceptors (Lipinski definition) is 2. The van der Waals surface area contributed by atoms with Gasteiger partial charge in [-0.15, -0.1) is 0 Å². The van der Waals surface area contributed by atoms with Gasteiger partial charge in [0, 0.05) is 26.1 Å². The van der Waals surface area contributed by atoms with E-state index in [4.69, 9.17) is 0 Å². The molecule has 0 saturated carbocycles. The molecule has 2 aliphatic heterocycles. The molecule has 0 radical (unpaired) electrons. The van der Waals surface area contributed by atoms with Gasteiger partial charge in [0.2, 0.25) is 5.79 Å². The van der Waals surface area contributed by atoms with Crippen LogP contribution in [0.15, 0.2) is 0 Å². The molecule has 3 nitrogen and oxygen atoms in total. The van der Waals surface area contributed by atoms with Gasteiger partial charge in [0.1, 0.15) is 0 Å². The third-order valence-corrected chi connectivity index (χ3v) is 4.40. The summed E-state index contributed by atoms with van der Waals surface area (Å²) in [5.74, 6) is -1.60. The standard InChI is InChI=1S/C12H21FN2O/c1-9(2)11(3)5-7-15(8-11)10(16)12(13)4-6-14-12/h9,14H,4-8H2,1-3H3/t11-,12?/m0/s1. The summed E-state index contributed by atoms with van der Waals surface area (Å²) in [6, 6.07) is 0. The lowest BCUT2D eigenvalue weighted by molar-refractivity contribution is -0.151. The second-order valence-electron chi connectivity index (χ2n) is 5.76. The lowest BCUT2D eigenvalue weighted by Crippen LogP contribution is -2.63. The first kappa shape index (κ1) is 11.8. The van der Waals surface area contributed by atoms with Crippen molar-refractivity contribution in [1.29, 1.82) is 0 Å². The van der Waals surface area contributed by atoms with Crippen molar-refractivity contribution < 1.29 is 9.18 Å². The SMILES string of the molecule is CC(C)[C@@]1(C)CCN(C(=O)C2(F)CCN2)C1. The highest BCUT2D eigenvalue weighted by Crippen LogP contribution is 2.38. The molecule has 2 rings (SSSR count). The first-order valence-electron chi connectivity index (χ1n) is 6.11. The Hall–Kier alpha value is -0.640. The molecular formula is C12H21FN2O. The number of hydrogen-bond donors (Lipinski definition) is 1. The van der Waals surface area contributed by atoms with Gasteiger partial charge in [0.25, 0.3) is 5.91 Å². The fourth-order valence-corrected chi connectivity index (χ4v) is 2.41. The van der Waals surface area contributed by atoms with E-state index in [1.165, 1.54) is 0 Å². The molecule has 2 fully saturated rings. The van der Waals surface area contributed by atoms with Crippen molar-refractivity contribution in [1.82, 2.24) is 10.2 Å². The van der Waals surface area contributed by atoms with Gasteiger partial charge in [-0.05, 0) is 17.8 Å². The topological polar surface area (TPSA) is 32.3 Å². The number of nitrogens with one attached hydrogen (secondary N) is 1. The van der Waals surface area contributed by atoms with E-state index in [-0.39, 0.29) is 11.3 Å². The first-order valence-corrected chi connectivity index (χ1v) is 6.11. The minimum absolute atomic E-state index is 0.149. The molecular weight excluding hydrogens is 207 g/mol. The summed E-state index contributed by atoms with van der Waals surface area (Å²) in [6.45, 7) is 8.51. The molecule has 0 aliphatic carbocycles. The highest BCUT2D eigenvalue weighted by molar-refractivity contribution is 5.86. The number of rotatable bonds is 2. The molecule has 2 saturated heterocycles. The fourth-order valence-electron chi connectivity index (χ4n) is 2.41. The zero-order valence-corrected chi connectivity index (χ0v) is 10.3. The van der Waals surface area contributed by atoms with E-state index < -0.39 is 5.79 Å². The molecule has 16 heavy (non-hydrogen) atoms. The fraction of sp³-hybridized carbons (Fsp3) is 0.917. The van der Waals surface area contributed by atoms with Gasteiger partial charge < -0.3 is 4.90 Å². The molecule has 0 aromatic carbocycles. The number of likely N-dealkylation sites (tertiary alicyclic amines) is 1. The largest absolute Gasteiger partial charge is 0.338 e. The van der Waals surface area contributed by atoms with E-state index >= 15 is 0 Å². The summed E-state index contributed by atoms with van der Waals surface area (Å²) < 4.78 is 13.9. The smallest absolute Gasteiger partial charge is 0.275 e. The predicted octanol–water partition coefficient (Wildman–Crippen LogP) is 1.54. The summed E-state index contributed by atoms with van der Waals surface area (Å²) in [5, 5.41) is 2.60. The Morgan fingerprint density at radius 2 is 2.06 bits per heavy atom. The van der Waals surface area contributed by atoms with Crippen molar-refractivity contribution in [2.24, 2.45) is 11.3 Å². The summed E-state index contributed by atoms with van der Waals surface area (Å²) in [4.78, 5) is 13.6. The minimum atomic E-state index is -1.76. The Kier molecular flexibility index (Phi) is 2.73. The minimum Gasteiger partial charge on any atom is -0.338 e. The molecule has 0 spiro atoms. The monoisotopic (exact) mass is 228 g/mol. The first-order chi connectivity index (χ1) is 7.37. The van der Waals surface area contributed by atoms with E-state index in [0.29, 0.717) is 32.0 Å². The molecule has 0 bridgehead atoms. The quantitative estimate of drug-likeness (QED) is 0.727. The Bertz CT molecular complexity index is 301. The second kappa shape index (κ2) is 3.69. The molecule has 4 heteroatoms. The number of carbonyl (C=O) groups is 1. The van der Waals surface area contributed by atoms with Gasteiger partial charge in [-0.25, -0.2) is 4.39 Å². The normalized spacial score (nSPS) is 38.9.